The van der Waals surface area contributed by atoms with Gasteiger partial charge in [0.1, 0.15) is 11.1 Å². The fourth-order valence-electron chi connectivity index (χ4n) is 9.11. The molecule has 4 unspecified atom stereocenters. The number of ether oxygens (including phenoxy) is 7. The number of carbonyl (C=O) groups excluding carboxylic acids is 2. The molecule has 13 heteroatoms. The molecule has 10 nitrogen and oxygen atoms in total. The molecule has 1 N–H and O–H groups in total. The lowest BCUT2D eigenvalue weighted by Crippen LogP contribution is -2.40. The van der Waals surface area contributed by atoms with Crippen LogP contribution in [0.15, 0.2) is 35.8 Å². The zero-order valence-corrected chi connectivity index (χ0v) is 37.2. The van der Waals surface area contributed by atoms with E-state index in [0.717, 1.165) is 70.2 Å². The van der Waals surface area contributed by atoms with Crippen molar-refractivity contribution in [2.45, 2.75) is 104 Å². The quantitative estimate of drug-likeness (QED) is 0.162. The lowest BCUT2D eigenvalue weighted by atomic mass is 9.76. The molecule has 0 aromatic heterocycles. The van der Waals surface area contributed by atoms with Crippen LogP contribution in [0.2, 0.25) is 0 Å². The molecule has 2 aromatic rings. The van der Waals surface area contributed by atoms with E-state index in [4.69, 9.17) is 52.2 Å². The van der Waals surface area contributed by atoms with Crippen LogP contribution in [0.1, 0.15) is 95.9 Å². The molecular weight excluding hydrogens is 788 g/mol. The lowest BCUT2D eigenvalue weighted by Gasteiger charge is -2.37. The Morgan fingerprint density at radius 2 is 1.12 bits per heavy atom. The summed E-state index contributed by atoms with van der Waals surface area (Å²) in [6.45, 7) is 13.3. The highest BCUT2D eigenvalue weighted by Crippen LogP contribution is 2.50. The number of halogens is 1. The Bertz CT molecular complexity index is 1870. The summed E-state index contributed by atoms with van der Waals surface area (Å²) < 4.78 is 37.8. The molecule has 4 aliphatic rings. The summed E-state index contributed by atoms with van der Waals surface area (Å²) >= 11 is 14.4. The second-order valence-electron chi connectivity index (χ2n) is 15.6. The van der Waals surface area contributed by atoms with Crippen molar-refractivity contribution in [3.63, 3.8) is 0 Å². The maximum Gasteiger partial charge on any atom is 0.357 e. The number of aryl methyl sites for hydroxylation is 6. The molecule has 2 aliphatic carbocycles. The van der Waals surface area contributed by atoms with Crippen molar-refractivity contribution in [3.8, 4) is 0 Å². The number of hydrogen-bond acceptors (Lipinski definition) is 12. The van der Waals surface area contributed by atoms with Gasteiger partial charge in [-0.3, -0.25) is 0 Å². The Hall–Kier alpha value is -3.55. The SMILES string of the molecule is COC(=S)Cl.COCC1CCCC2(C1)OC(=O)C(c1c(C)cc(C)cc1C)=C2O.COCC1CCCC2(C1)OC(=O)C(c1c(C)cc(C)cc1C)=C2OC(=S)OC. The number of thiocarbonyl (C=S) groups is 2. The second kappa shape index (κ2) is 19.9. The monoisotopic (exact) mass is 844 g/mol. The maximum absolute atomic E-state index is 13.1. The van der Waals surface area contributed by atoms with Crippen molar-refractivity contribution < 1.29 is 47.9 Å². The largest absolute Gasteiger partial charge is 0.507 e. The highest BCUT2D eigenvalue weighted by molar-refractivity contribution is 7.82. The first kappa shape index (κ1) is 46.1. The van der Waals surface area contributed by atoms with Gasteiger partial charge in [0.15, 0.2) is 22.7 Å². The summed E-state index contributed by atoms with van der Waals surface area (Å²) in [4.78, 5) is 25.7. The predicted octanol–water partition coefficient (Wildman–Crippen LogP) is 9.57. The Balaban J connectivity index is 0.000000228. The summed E-state index contributed by atoms with van der Waals surface area (Å²) in [6, 6.07) is 8.20. The van der Waals surface area contributed by atoms with Gasteiger partial charge >= 0.3 is 17.2 Å². The van der Waals surface area contributed by atoms with E-state index < -0.39 is 17.2 Å². The molecule has 0 saturated heterocycles. The molecule has 2 aromatic carbocycles. The summed E-state index contributed by atoms with van der Waals surface area (Å²) in [5.74, 6) is 0.435. The van der Waals surface area contributed by atoms with Gasteiger partial charge in [-0.1, -0.05) is 35.4 Å². The van der Waals surface area contributed by atoms with Crippen molar-refractivity contribution in [2.24, 2.45) is 11.8 Å². The van der Waals surface area contributed by atoms with Gasteiger partial charge in [0.05, 0.1) is 14.2 Å². The number of benzene rings is 2. The minimum absolute atomic E-state index is 0.0125. The van der Waals surface area contributed by atoms with E-state index in [1.165, 1.54) is 14.2 Å². The molecule has 0 amide bonds. The van der Waals surface area contributed by atoms with Gasteiger partial charge < -0.3 is 38.3 Å². The van der Waals surface area contributed by atoms with E-state index >= 15 is 0 Å². The minimum Gasteiger partial charge on any atom is -0.507 e. The third kappa shape index (κ3) is 10.6. The number of methoxy groups -OCH3 is 4. The summed E-state index contributed by atoms with van der Waals surface area (Å²) in [5, 5.41) is 11.0. The number of carbonyl (C=O) groups is 2. The Morgan fingerprint density at radius 3 is 1.56 bits per heavy atom. The Morgan fingerprint density at radius 1 is 0.719 bits per heavy atom. The average molecular weight is 846 g/mol. The molecule has 2 saturated carbocycles. The van der Waals surface area contributed by atoms with Crippen LogP contribution in [0, 0.1) is 53.4 Å². The van der Waals surface area contributed by atoms with Crippen molar-refractivity contribution in [1.82, 2.24) is 0 Å². The number of rotatable bonds is 7. The van der Waals surface area contributed by atoms with Crippen LogP contribution in [0.3, 0.4) is 0 Å². The third-order valence-electron chi connectivity index (χ3n) is 11.1. The van der Waals surface area contributed by atoms with Crippen LogP contribution in [0.25, 0.3) is 11.1 Å². The molecule has 0 bridgehead atoms. The average Bonchev–Trinajstić information content (AvgIpc) is 3.51. The van der Waals surface area contributed by atoms with Crippen LogP contribution < -0.4 is 0 Å². The number of aliphatic hydroxyl groups excluding tert-OH is 1. The van der Waals surface area contributed by atoms with Gasteiger partial charge in [-0.2, -0.15) is 0 Å². The van der Waals surface area contributed by atoms with Crippen LogP contribution in [-0.4, -0.2) is 79.6 Å². The molecule has 2 heterocycles. The normalized spacial score (nSPS) is 24.0. The highest BCUT2D eigenvalue weighted by atomic mass is 35.5. The van der Waals surface area contributed by atoms with E-state index in [0.29, 0.717) is 67.6 Å². The van der Waals surface area contributed by atoms with Gasteiger partial charge in [-0.05, 0) is 162 Å². The Labute approximate surface area is 353 Å². The van der Waals surface area contributed by atoms with E-state index in [-0.39, 0.29) is 21.5 Å². The molecular formula is C44H57ClO10S2. The molecule has 6 rings (SSSR count). The van der Waals surface area contributed by atoms with E-state index in [9.17, 15) is 14.7 Å². The second-order valence-corrected chi connectivity index (χ2v) is 16.8. The first-order chi connectivity index (χ1) is 27.0. The standard InChI is InChI=1S/C22H28O5S.C20H26O4.C2H3ClOS/c1-13-9-14(2)17(15(3)10-13)18-19(26-21(28)25-5)22(27-20(18)23)8-6-7-16(11-22)12-24-4;1-12-8-13(2)16(14(3)9-12)17-18(21)20(24-19(17)22)7-5-6-15(10-20)11-23-4;1-4-2(3)5/h9-10,16H,6-8,11-12H2,1-5H3;8-9,15,21H,5-7,10-11H2,1-4H3;1H3. The van der Waals surface area contributed by atoms with Crippen LogP contribution in [0.4, 0.5) is 0 Å². The summed E-state index contributed by atoms with van der Waals surface area (Å²) in [6.07, 6.45) is 6.59. The lowest BCUT2D eigenvalue weighted by molar-refractivity contribution is -0.152. The van der Waals surface area contributed by atoms with E-state index in [1.54, 1.807) is 14.2 Å². The predicted molar refractivity (Wildman–Crippen MR) is 229 cm³/mol. The fraction of sp³-hybridized carbons (Fsp3) is 0.545. The zero-order valence-electron chi connectivity index (χ0n) is 34.9. The molecule has 57 heavy (non-hydrogen) atoms. The highest BCUT2D eigenvalue weighted by Gasteiger charge is 2.54. The van der Waals surface area contributed by atoms with Crippen LogP contribution in [0.5, 0.6) is 0 Å². The molecule has 312 valence electrons. The molecule has 0 radical (unpaired) electrons. The summed E-state index contributed by atoms with van der Waals surface area (Å²) in [7, 11) is 6.26. The number of aliphatic hydroxyl groups is 1. The third-order valence-corrected chi connectivity index (χ3v) is 11.7. The molecule has 2 fully saturated rings. The number of esters is 2. The van der Waals surface area contributed by atoms with Crippen molar-refractivity contribution >= 4 is 68.9 Å². The minimum atomic E-state index is -0.863. The topological polar surface area (TPSA) is 119 Å². The van der Waals surface area contributed by atoms with Gasteiger partial charge in [-0.15, -0.1) is 0 Å². The Kier molecular flexibility index (Phi) is 16.1. The first-order valence-corrected chi connectivity index (χ1v) is 20.4. The zero-order chi connectivity index (χ0) is 42.2. The fourth-order valence-corrected chi connectivity index (χ4v) is 9.19. The molecule has 4 atom stereocenters. The molecule has 2 aliphatic heterocycles. The molecule has 2 spiro atoms. The van der Waals surface area contributed by atoms with E-state index in [2.05, 4.69) is 29.1 Å². The van der Waals surface area contributed by atoms with Gasteiger partial charge in [-0.25, -0.2) is 9.59 Å². The maximum atomic E-state index is 13.1. The van der Waals surface area contributed by atoms with Crippen molar-refractivity contribution in [1.29, 1.82) is 0 Å². The van der Waals surface area contributed by atoms with Crippen molar-refractivity contribution in [3.05, 3.63) is 80.3 Å². The van der Waals surface area contributed by atoms with E-state index in [1.807, 2.05) is 53.7 Å². The van der Waals surface area contributed by atoms with Gasteiger partial charge in [0.2, 0.25) is 0 Å². The van der Waals surface area contributed by atoms with Crippen LogP contribution >= 0.6 is 36.0 Å². The smallest absolute Gasteiger partial charge is 0.357 e. The van der Waals surface area contributed by atoms with Crippen LogP contribution in [-0.2, 0) is 42.7 Å². The summed E-state index contributed by atoms with van der Waals surface area (Å²) in [5.41, 5.74) is 7.10. The van der Waals surface area contributed by atoms with Gasteiger partial charge in [0, 0.05) is 39.7 Å². The van der Waals surface area contributed by atoms with Crippen molar-refractivity contribution in [2.75, 3.05) is 41.7 Å². The first-order valence-electron chi connectivity index (χ1n) is 19.2. The van der Waals surface area contributed by atoms with Gasteiger partial charge in [0.25, 0.3) is 4.51 Å². The number of hydrogen-bond donors (Lipinski definition) is 1.